The van der Waals surface area contributed by atoms with Gasteiger partial charge < -0.3 is 10.8 Å². The fraction of sp³-hybridized carbons (Fsp3) is 0.571. The van der Waals surface area contributed by atoms with Crippen molar-refractivity contribution in [1.82, 2.24) is 5.32 Å². The summed E-state index contributed by atoms with van der Waals surface area (Å²) in [7, 11) is 0. The van der Waals surface area contributed by atoms with Gasteiger partial charge in [0.15, 0.2) is 0 Å². The highest BCUT2D eigenvalue weighted by Gasteiger charge is 2.19. The first-order chi connectivity index (χ1) is 8.04. The highest BCUT2D eigenvalue weighted by Crippen LogP contribution is 2.26. The van der Waals surface area contributed by atoms with Gasteiger partial charge >= 0.3 is 0 Å². The highest BCUT2D eigenvalue weighted by atomic mass is 16.3. The number of nitrogen functional groups attached to an aromatic ring is 1. The Bertz CT molecular complexity index is 321. The maximum atomic E-state index is 9.52. The maximum Gasteiger partial charge on any atom is 0.102 e. The van der Waals surface area contributed by atoms with Crippen molar-refractivity contribution in [3.05, 3.63) is 29.8 Å². The minimum absolute atomic E-state index is 0.176. The van der Waals surface area contributed by atoms with Crippen LogP contribution >= 0.6 is 0 Å². The second-order valence-corrected chi connectivity index (χ2v) is 4.75. The molecule has 17 heavy (non-hydrogen) atoms. The predicted molar refractivity (Wildman–Crippen MR) is 72.5 cm³/mol. The second-order valence-electron chi connectivity index (χ2n) is 4.75. The second kappa shape index (κ2) is 6.62. The minimum Gasteiger partial charge on any atom is -0.399 e. The van der Waals surface area contributed by atoms with Crippen LogP contribution in [-0.2, 0) is 0 Å². The molecule has 0 aliphatic carbocycles. The fourth-order valence-electron chi connectivity index (χ4n) is 2.17. The molecule has 0 aliphatic rings. The smallest absolute Gasteiger partial charge is 0.102 e. The molecule has 0 aliphatic heterocycles. The van der Waals surface area contributed by atoms with Gasteiger partial charge in [0.2, 0.25) is 0 Å². The molecule has 0 aromatic heterocycles. The van der Waals surface area contributed by atoms with Gasteiger partial charge in [-0.05, 0) is 37.0 Å². The van der Waals surface area contributed by atoms with Gasteiger partial charge in [-0.1, -0.05) is 32.4 Å². The first-order valence-electron chi connectivity index (χ1n) is 6.34. The number of anilines is 1. The molecule has 3 nitrogen and oxygen atoms in total. The molecule has 1 rings (SSSR count). The van der Waals surface area contributed by atoms with Crippen LogP contribution in [0, 0.1) is 5.92 Å². The number of aliphatic hydroxyl groups is 1. The molecule has 3 heteroatoms. The van der Waals surface area contributed by atoms with Crippen molar-refractivity contribution in [3.63, 3.8) is 0 Å². The molecule has 4 N–H and O–H groups in total. The molecule has 0 bridgehead atoms. The van der Waals surface area contributed by atoms with E-state index in [4.69, 9.17) is 5.73 Å². The van der Waals surface area contributed by atoms with Crippen LogP contribution in [0.2, 0.25) is 0 Å². The Morgan fingerprint density at radius 1 is 1.24 bits per heavy atom. The zero-order valence-corrected chi connectivity index (χ0v) is 11.0. The number of hydrogen-bond donors (Lipinski definition) is 3. The summed E-state index contributed by atoms with van der Waals surface area (Å²) in [5.74, 6) is 0.484. The molecule has 0 heterocycles. The summed E-state index contributed by atoms with van der Waals surface area (Å²) >= 11 is 0. The Morgan fingerprint density at radius 2 is 1.82 bits per heavy atom. The number of rotatable bonds is 6. The maximum absolute atomic E-state index is 9.52. The number of benzene rings is 1. The SMILES string of the molecule is CCCC(C)C(NC(C)O)c1ccc(N)cc1. The van der Waals surface area contributed by atoms with Crippen LogP contribution in [0.5, 0.6) is 0 Å². The van der Waals surface area contributed by atoms with Gasteiger partial charge in [-0.2, -0.15) is 0 Å². The Kier molecular flexibility index (Phi) is 5.45. The average molecular weight is 236 g/mol. The number of aliphatic hydroxyl groups excluding tert-OH is 1. The van der Waals surface area contributed by atoms with Crippen molar-refractivity contribution in [2.45, 2.75) is 45.9 Å². The number of nitrogens with two attached hydrogens (primary N) is 1. The Balaban J connectivity index is 2.84. The van der Waals surface area contributed by atoms with Gasteiger partial charge in [0, 0.05) is 11.7 Å². The molecule has 1 aromatic rings. The molecule has 0 spiro atoms. The number of hydrogen-bond acceptors (Lipinski definition) is 3. The van der Waals surface area contributed by atoms with Gasteiger partial charge in [0.1, 0.15) is 6.23 Å². The van der Waals surface area contributed by atoms with E-state index in [0.717, 1.165) is 18.5 Å². The first-order valence-corrected chi connectivity index (χ1v) is 6.34. The Labute approximate surface area is 104 Å². The van der Waals surface area contributed by atoms with Crippen LogP contribution in [0.15, 0.2) is 24.3 Å². The van der Waals surface area contributed by atoms with Gasteiger partial charge in [-0.15, -0.1) is 0 Å². The zero-order valence-electron chi connectivity index (χ0n) is 11.0. The van der Waals surface area contributed by atoms with Gasteiger partial charge in [-0.25, -0.2) is 0 Å². The monoisotopic (exact) mass is 236 g/mol. The molecule has 96 valence electrons. The molecule has 3 atom stereocenters. The van der Waals surface area contributed by atoms with Crippen LogP contribution < -0.4 is 11.1 Å². The third-order valence-corrected chi connectivity index (χ3v) is 3.03. The van der Waals surface area contributed by atoms with Crippen LogP contribution in [0.4, 0.5) is 5.69 Å². The standard InChI is InChI=1S/C14H24N2O/c1-4-5-10(2)14(16-11(3)17)12-6-8-13(15)9-7-12/h6-11,14,16-17H,4-5,15H2,1-3H3. The van der Waals surface area contributed by atoms with Crippen molar-refractivity contribution in [1.29, 1.82) is 0 Å². The van der Waals surface area contributed by atoms with Gasteiger partial charge in [0.05, 0.1) is 0 Å². The molecule has 1 aromatic carbocycles. The lowest BCUT2D eigenvalue weighted by Crippen LogP contribution is -2.34. The van der Waals surface area contributed by atoms with E-state index in [0.29, 0.717) is 5.92 Å². The molecule has 0 saturated carbocycles. The van der Waals surface area contributed by atoms with Crippen molar-refractivity contribution in [2.75, 3.05) is 5.73 Å². The van der Waals surface area contributed by atoms with Crippen LogP contribution in [0.1, 0.15) is 45.2 Å². The summed E-state index contributed by atoms with van der Waals surface area (Å²) < 4.78 is 0. The Morgan fingerprint density at radius 3 is 2.29 bits per heavy atom. The minimum atomic E-state index is -0.503. The summed E-state index contributed by atoms with van der Waals surface area (Å²) in [6.45, 7) is 6.14. The zero-order chi connectivity index (χ0) is 12.8. The normalized spacial score (nSPS) is 16.5. The van der Waals surface area contributed by atoms with Gasteiger partial charge in [0.25, 0.3) is 0 Å². The van der Waals surface area contributed by atoms with Crippen LogP contribution in [0.3, 0.4) is 0 Å². The van der Waals surface area contributed by atoms with E-state index >= 15 is 0 Å². The predicted octanol–water partition coefficient (Wildman–Crippen LogP) is 2.67. The molecule has 0 radical (unpaired) electrons. The lowest BCUT2D eigenvalue weighted by molar-refractivity contribution is 0.125. The van der Waals surface area contributed by atoms with Crippen molar-refractivity contribution >= 4 is 5.69 Å². The van der Waals surface area contributed by atoms with Crippen LogP contribution in [0.25, 0.3) is 0 Å². The summed E-state index contributed by atoms with van der Waals surface area (Å²) in [4.78, 5) is 0. The molecule has 3 unspecified atom stereocenters. The Hall–Kier alpha value is -1.06. The highest BCUT2D eigenvalue weighted by molar-refractivity contribution is 5.40. The lowest BCUT2D eigenvalue weighted by Gasteiger charge is -2.27. The first kappa shape index (κ1) is 14.0. The van der Waals surface area contributed by atoms with E-state index in [1.54, 1.807) is 6.92 Å². The fourth-order valence-corrected chi connectivity index (χ4v) is 2.17. The lowest BCUT2D eigenvalue weighted by atomic mass is 9.91. The van der Waals surface area contributed by atoms with E-state index < -0.39 is 6.23 Å². The molecule has 0 amide bonds. The molecular weight excluding hydrogens is 212 g/mol. The largest absolute Gasteiger partial charge is 0.399 e. The van der Waals surface area contributed by atoms with E-state index in [1.165, 1.54) is 5.56 Å². The van der Waals surface area contributed by atoms with Crippen molar-refractivity contribution < 1.29 is 5.11 Å². The third kappa shape index (κ3) is 4.36. The topological polar surface area (TPSA) is 58.3 Å². The summed E-state index contributed by atoms with van der Waals surface area (Å²) in [6.07, 6.45) is 1.78. The van der Waals surface area contributed by atoms with Gasteiger partial charge in [-0.3, -0.25) is 5.32 Å². The van der Waals surface area contributed by atoms with E-state index in [-0.39, 0.29) is 6.04 Å². The molecule has 0 fully saturated rings. The van der Waals surface area contributed by atoms with E-state index in [2.05, 4.69) is 19.2 Å². The summed E-state index contributed by atoms with van der Waals surface area (Å²) in [5, 5.41) is 12.7. The van der Waals surface area contributed by atoms with E-state index in [1.807, 2.05) is 24.3 Å². The van der Waals surface area contributed by atoms with Crippen LogP contribution in [-0.4, -0.2) is 11.3 Å². The summed E-state index contributed by atoms with van der Waals surface area (Å²) in [5.41, 5.74) is 7.65. The summed E-state index contributed by atoms with van der Waals surface area (Å²) in [6, 6.07) is 8.05. The number of nitrogens with one attached hydrogen (secondary N) is 1. The quantitative estimate of drug-likeness (QED) is 0.526. The van der Waals surface area contributed by atoms with E-state index in [9.17, 15) is 5.11 Å². The third-order valence-electron chi connectivity index (χ3n) is 3.03. The van der Waals surface area contributed by atoms with Crippen molar-refractivity contribution in [2.24, 2.45) is 5.92 Å². The van der Waals surface area contributed by atoms with Crippen molar-refractivity contribution in [3.8, 4) is 0 Å². The average Bonchev–Trinajstić information content (AvgIpc) is 2.27. The molecular formula is C14H24N2O. The molecule has 0 saturated heterocycles.